The standard InChI is InChI=1S/C26H28N2O3/c1-3-19(2)21-9-15-24(16-10-21)31-18-26(30)28-23-13-11-22(12-14-23)27-25(29)17-20-7-5-4-6-8-20/h4-16,19H,3,17-18H2,1-2H3,(H,27,29)(H,28,30)/t19-/m1/s1. The fourth-order valence-electron chi connectivity index (χ4n) is 3.10. The first-order chi connectivity index (χ1) is 15.0. The van der Waals surface area contributed by atoms with Crippen LogP contribution in [-0.4, -0.2) is 18.4 Å². The van der Waals surface area contributed by atoms with Crippen LogP contribution in [0, 0.1) is 0 Å². The Bertz CT molecular complexity index is 983. The molecule has 2 amide bonds. The van der Waals surface area contributed by atoms with Gasteiger partial charge in [-0.15, -0.1) is 0 Å². The highest BCUT2D eigenvalue weighted by molar-refractivity contribution is 5.94. The van der Waals surface area contributed by atoms with Crippen LogP contribution in [0.1, 0.15) is 37.3 Å². The molecule has 0 aliphatic carbocycles. The molecule has 3 aromatic rings. The third-order valence-corrected chi connectivity index (χ3v) is 5.09. The van der Waals surface area contributed by atoms with Gasteiger partial charge in [0.15, 0.2) is 6.61 Å². The van der Waals surface area contributed by atoms with E-state index < -0.39 is 0 Å². The first kappa shape index (κ1) is 22.1. The fourth-order valence-corrected chi connectivity index (χ4v) is 3.10. The molecule has 0 saturated carbocycles. The Morgan fingerprint density at radius 2 is 1.39 bits per heavy atom. The summed E-state index contributed by atoms with van der Waals surface area (Å²) in [6.45, 7) is 4.27. The second-order valence-electron chi connectivity index (χ2n) is 7.50. The quantitative estimate of drug-likeness (QED) is 0.491. The largest absolute Gasteiger partial charge is 0.484 e. The molecule has 0 heterocycles. The zero-order chi connectivity index (χ0) is 22.1. The summed E-state index contributed by atoms with van der Waals surface area (Å²) in [6, 6.07) is 24.4. The summed E-state index contributed by atoms with van der Waals surface area (Å²) < 4.78 is 5.57. The van der Waals surface area contributed by atoms with Crippen LogP contribution in [0.5, 0.6) is 5.75 Å². The molecule has 5 nitrogen and oxygen atoms in total. The van der Waals surface area contributed by atoms with Gasteiger partial charge in [-0.25, -0.2) is 0 Å². The van der Waals surface area contributed by atoms with Crippen molar-refractivity contribution in [3.63, 3.8) is 0 Å². The number of carbonyl (C=O) groups excluding carboxylic acids is 2. The molecule has 0 radical (unpaired) electrons. The summed E-state index contributed by atoms with van der Waals surface area (Å²) in [7, 11) is 0. The van der Waals surface area contributed by atoms with Gasteiger partial charge in [0.05, 0.1) is 6.42 Å². The van der Waals surface area contributed by atoms with Crippen LogP contribution in [-0.2, 0) is 16.0 Å². The molecule has 0 unspecified atom stereocenters. The molecular formula is C26H28N2O3. The first-order valence-electron chi connectivity index (χ1n) is 10.5. The highest BCUT2D eigenvalue weighted by Gasteiger charge is 2.07. The van der Waals surface area contributed by atoms with E-state index in [9.17, 15) is 9.59 Å². The second-order valence-corrected chi connectivity index (χ2v) is 7.50. The Hall–Kier alpha value is -3.60. The number of nitrogens with one attached hydrogen (secondary N) is 2. The third-order valence-electron chi connectivity index (χ3n) is 5.09. The summed E-state index contributed by atoms with van der Waals surface area (Å²) in [5, 5.41) is 5.65. The van der Waals surface area contributed by atoms with Crippen molar-refractivity contribution in [2.24, 2.45) is 0 Å². The maximum absolute atomic E-state index is 12.2. The maximum Gasteiger partial charge on any atom is 0.262 e. The lowest BCUT2D eigenvalue weighted by Crippen LogP contribution is -2.20. The molecule has 0 aromatic heterocycles. The number of anilines is 2. The molecule has 0 spiro atoms. The van der Waals surface area contributed by atoms with Crippen molar-refractivity contribution >= 4 is 23.2 Å². The topological polar surface area (TPSA) is 67.4 Å². The highest BCUT2D eigenvalue weighted by Crippen LogP contribution is 2.21. The Balaban J connectivity index is 1.44. The number of carbonyl (C=O) groups is 2. The van der Waals surface area contributed by atoms with Crippen LogP contribution < -0.4 is 15.4 Å². The Morgan fingerprint density at radius 1 is 0.806 bits per heavy atom. The molecule has 0 bridgehead atoms. The lowest BCUT2D eigenvalue weighted by molar-refractivity contribution is -0.118. The number of benzene rings is 3. The number of rotatable bonds is 9. The number of ether oxygens (including phenoxy) is 1. The summed E-state index contributed by atoms with van der Waals surface area (Å²) in [5.41, 5.74) is 3.53. The van der Waals surface area contributed by atoms with Crippen LogP contribution in [0.2, 0.25) is 0 Å². The zero-order valence-electron chi connectivity index (χ0n) is 17.9. The van der Waals surface area contributed by atoms with Gasteiger partial charge >= 0.3 is 0 Å². The van der Waals surface area contributed by atoms with Gasteiger partial charge in [0.25, 0.3) is 5.91 Å². The molecule has 160 valence electrons. The molecule has 0 aliphatic rings. The Kier molecular flexibility index (Phi) is 7.82. The minimum Gasteiger partial charge on any atom is -0.484 e. The minimum atomic E-state index is -0.244. The molecule has 5 heteroatoms. The predicted molar refractivity (Wildman–Crippen MR) is 124 cm³/mol. The Labute approximate surface area is 183 Å². The fraction of sp³-hybridized carbons (Fsp3) is 0.231. The van der Waals surface area contributed by atoms with Crippen molar-refractivity contribution in [1.29, 1.82) is 0 Å². The van der Waals surface area contributed by atoms with Crippen molar-refractivity contribution in [2.45, 2.75) is 32.6 Å². The summed E-state index contributed by atoms with van der Waals surface area (Å²) in [4.78, 5) is 24.3. The van der Waals surface area contributed by atoms with E-state index in [0.717, 1.165) is 12.0 Å². The molecule has 0 aliphatic heterocycles. The van der Waals surface area contributed by atoms with Gasteiger partial charge in [-0.05, 0) is 59.9 Å². The van der Waals surface area contributed by atoms with E-state index in [1.807, 2.05) is 54.6 Å². The minimum absolute atomic E-state index is 0.0712. The van der Waals surface area contributed by atoms with E-state index in [1.165, 1.54) is 5.56 Å². The number of hydrogen-bond donors (Lipinski definition) is 2. The molecule has 0 saturated heterocycles. The van der Waals surface area contributed by atoms with E-state index in [4.69, 9.17) is 4.74 Å². The lowest BCUT2D eigenvalue weighted by atomic mass is 9.99. The maximum atomic E-state index is 12.2. The van der Waals surface area contributed by atoms with Crippen molar-refractivity contribution in [2.75, 3.05) is 17.2 Å². The van der Waals surface area contributed by atoms with E-state index in [-0.39, 0.29) is 18.4 Å². The smallest absolute Gasteiger partial charge is 0.262 e. The first-order valence-corrected chi connectivity index (χ1v) is 10.5. The predicted octanol–water partition coefficient (Wildman–Crippen LogP) is 5.40. The van der Waals surface area contributed by atoms with Gasteiger partial charge in [-0.1, -0.05) is 56.3 Å². The SMILES string of the molecule is CC[C@@H](C)c1ccc(OCC(=O)Nc2ccc(NC(=O)Cc3ccccc3)cc2)cc1. The van der Waals surface area contributed by atoms with Gasteiger partial charge in [0.1, 0.15) is 5.75 Å². The van der Waals surface area contributed by atoms with E-state index in [2.05, 4.69) is 24.5 Å². The highest BCUT2D eigenvalue weighted by atomic mass is 16.5. The molecular weight excluding hydrogens is 388 g/mol. The van der Waals surface area contributed by atoms with Gasteiger partial charge in [0.2, 0.25) is 5.91 Å². The number of amides is 2. The van der Waals surface area contributed by atoms with Crippen LogP contribution >= 0.6 is 0 Å². The summed E-state index contributed by atoms with van der Waals surface area (Å²) in [6.07, 6.45) is 1.40. The van der Waals surface area contributed by atoms with Crippen molar-refractivity contribution in [3.05, 3.63) is 90.0 Å². The lowest BCUT2D eigenvalue weighted by Gasteiger charge is -2.11. The van der Waals surface area contributed by atoms with Crippen molar-refractivity contribution in [3.8, 4) is 5.75 Å². The molecule has 3 aromatic carbocycles. The normalized spacial score (nSPS) is 11.4. The summed E-state index contributed by atoms with van der Waals surface area (Å²) in [5.74, 6) is 0.838. The van der Waals surface area contributed by atoms with Crippen LogP contribution in [0.25, 0.3) is 0 Å². The molecule has 0 fully saturated rings. The monoisotopic (exact) mass is 416 g/mol. The Morgan fingerprint density at radius 3 is 1.97 bits per heavy atom. The second kappa shape index (κ2) is 11.0. The van der Waals surface area contributed by atoms with Crippen molar-refractivity contribution in [1.82, 2.24) is 0 Å². The van der Waals surface area contributed by atoms with E-state index >= 15 is 0 Å². The van der Waals surface area contributed by atoms with Crippen molar-refractivity contribution < 1.29 is 14.3 Å². The number of hydrogen-bond acceptors (Lipinski definition) is 3. The molecule has 2 N–H and O–H groups in total. The molecule has 3 rings (SSSR count). The average molecular weight is 417 g/mol. The van der Waals surface area contributed by atoms with Gasteiger partial charge < -0.3 is 15.4 Å². The van der Waals surface area contributed by atoms with E-state index in [0.29, 0.717) is 29.5 Å². The van der Waals surface area contributed by atoms with E-state index in [1.54, 1.807) is 24.3 Å². The third kappa shape index (κ3) is 7.00. The van der Waals surface area contributed by atoms with Gasteiger partial charge in [-0.2, -0.15) is 0 Å². The van der Waals surface area contributed by atoms with Gasteiger partial charge in [0, 0.05) is 11.4 Å². The summed E-state index contributed by atoms with van der Waals surface area (Å²) >= 11 is 0. The van der Waals surface area contributed by atoms with Gasteiger partial charge in [-0.3, -0.25) is 9.59 Å². The van der Waals surface area contributed by atoms with Crippen LogP contribution in [0.4, 0.5) is 11.4 Å². The average Bonchev–Trinajstić information content (AvgIpc) is 2.79. The molecule has 1 atom stereocenters. The van der Waals surface area contributed by atoms with Crippen LogP contribution in [0.15, 0.2) is 78.9 Å². The van der Waals surface area contributed by atoms with Crippen LogP contribution in [0.3, 0.4) is 0 Å². The molecule has 31 heavy (non-hydrogen) atoms. The zero-order valence-corrected chi connectivity index (χ0v) is 17.9.